The summed E-state index contributed by atoms with van der Waals surface area (Å²) in [5.74, 6) is 0.0560. The minimum Gasteiger partial charge on any atom is -0.497 e. The monoisotopic (exact) mass is 493 g/mol. The molecule has 3 aromatic rings. The predicted molar refractivity (Wildman–Crippen MR) is 135 cm³/mol. The average Bonchev–Trinajstić information content (AvgIpc) is 3.28. The van der Waals surface area contributed by atoms with Crippen LogP contribution in [0.15, 0.2) is 77.7 Å². The maximum Gasteiger partial charge on any atom is 0.264 e. The molecule has 0 aliphatic carbocycles. The van der Waals surface area contributed by atoms with Gasteiger partial charge in [-0.1, -0.05) is 24.3 Å². The molecule has 0 atom stereocenters. The first-order chi connectivity index (χ1) is 16.8. The summed E-state index contributed by atoms with van der Waals surface area (Å²) >= 11 is 0. The fraction of sp³-hybridized carbons (Fsp3) is 0.231. The molecule has 1 heterocycles. The van der Waals surface area contributed by atoms with Crippen LogP contribution in [0.25, 0.3) is 0 Å². The van der Waals surface area contributed by atoms with Gasteiger partial charge < -0.3 is 15.0 Å². The first-order valence-corrected chi connectivity index (χ1v) is 12.7. The molecule has 1 fully saturated rings. The molecule has 1 aliphatic heterocycles. The molecule has 1 saturated heterocycles. The highest BCUT2D eigenvalue weighted by molar-refractivity contribution is 7.92. The Hall–Kier alpha value is -3.85. The van der Waals surface area contributed by atoms with Crippen LogP contribution in [0, 0.1) is 6.92 Å². The summed E-state index contributed by atoms with van der Waals surface area (Å²) in [6.45, 7) is 2.12. The Balaban J connectivity index is 1.59. The van der Waals surface area contributed by atoms with Crippen molar-refractivity contribution in [3.63, 3.8) is 0 Å². The van der Waals surface area contributed by atoms with E-state index in [1.165, 1.54) is 19.2 Å². The number of benzene rings is 3. The lowest BCUT2D eigenvalue weighted by atomic mass is 10.1. The van der Waals surface area contributed by atoms with E-state index >= 15 is 0 Å². The number of hydrogen-bond acceptors (Lipinski definition) is 5. The van der Waals surface area contributed by atoms with Crippen molar-refractivity contribution in [1.29, 1.82) is 0 Å². The van der Waals surface area contributed by atoms with Crippen molar-refractivity contribution >= 4 is 38.9 Å². The second-order valence-corrected chi connectivity index (χ2v) is 10.1. The minimum atomic E-state index is -4.03. The molecule has 35 heavy (non-hydrogen) atoms. The summed E-state index contributed by atoms with van der Waals surface area (Å²) in [7, 11) is -2.54. The Morgan fingerprint density at radius 1 is 1.06 bits per heavy atom. The average molecular weight is 494 g/mol. The van der Waals surface area contributed by atoms with Crippen LogP contribution in [-0.2, 0) is 19.6 Å². The summed E-state index contributed by atoms with van der Waals surface area (Å²) in [4.78, 5) is 26.9. The number of methoxy groups -OCH3 is 1. The highest BCUT2D eigenvalue weighted by Crippen LogP contribution is 2.29. The molecule has 9 heteroatoms. The highest BCUT2D eigenvalue weighted by atomic mass is 32.2. The van der Waals surface area contributed by atoms with Gasteiger partial charge in [0, 0.05) is 30.4 Å². The third-order valence-corrected chi connectivity index (χ3v) is 7.59. The van der Waals surface area contributed by atoms with Gasteiger partial charge >= 0.3 is 0 Å². The molecule has 2 amide bonds. The Labute approximate surface area is 205 Å². The van der Waals surface area contributed by atoms with Crippen molar-refractivity contribution in [2.75, 3.05) is 34.7 Å². The maximum absolute atomic E-state index is 13.5. The molecule has 0 radical (unpaired) electrons. The zero-order valence-corrected chi connectivity index (χ0v) is 20.4. The quantitative estimate of drug-likeness (QED) is 0.512. The predicted octanol–water partition coefficient (Wildman–Crippen LogP) is 3.96. The van der Waals surface area contributed by atoms with E-state index < -0.39 is 22.5 Å². The van der Waals surface area contributed by atoms with Gasteiger partial charge in [-0.25, -0.2) is 8.42 Å². The van der Waals surface area contributed by atoms with Gasteiger partial charge in [-0.05, 0) is 61.4 Å². The first kappa shape index (κ1) is 24.3. The number of rotatable bonds is 8. The molecule has 182 valence electrons. The normalized spacial score (nSPS) is 13.5. The number of anilines is 3. The molecule has 0 bridgehead atoms. The maximum atomic E-state index is 13.5. The molecule has 0 unspecified atom stereocenters. The van der Waals surface area contributed by atoms with Crippen LogP contribution in [0.3, 0.4) is 0 Å². The number of amides is 2. The van der Waals surface area contributed by atoms with Gasteiger partial charge in [-0.2, -0.15) is 0 Å². The van der Waals surface area contributed by atoms with Gasteiger partial charge in [0.15, 0.2) is 0 Å². The zero-order valence-electron chi connectivity index (χ0n) is 19.6. The number of nitrogens with one attached hydrogen (secondary N) is 1. The van der Waals surface area contributed by atoms with Crippen LogP contribution >= 0.6 is 0 Å². The number of hydrogen-bond donors (Lipinski definition) is 1. The minimum absolute atomic E-state index is 0.0751. The van der Waals surface area contributed by atoms with E-state index in [0.717, 1.165) is 22.0 Å². The second kappa shape index (κ2) is 10.2. The molecule has 1 aliphatic rings. The first-order valence-electron chi connectivity index (χ1n) is 11.2. The third-order valence-electron chi connectivity index (χ3n) is 5.80. The van der Waals surface area contributed by atoms with Gasteiger partial charge in [0.1, 0.15) is 12.3 Å². The van der Waals surface area contributed by atoms with Crippen LogP contribution in [0.1, 0.15) is 18.4 Å². The molecule has 8 nitrogen and oxygen atoms in total. The lowest BCUT2D eigenvalue weighted by Gasteiger charge is -2.24. The van der Waals surface area contributed by atoms with Crippen molar-refractivity contribution in [3.05, 3.63) is 78.4 Å². The lowest BCUT2D eigenvalue weighted by Crippen LogP contribution is -2.38. The number of carbonyl (C=O) groups excluding carboxylic acids is 2. The molecule has 4 rings (SSSR count). The van der Waals surface area contributed by atoms with Gasteiger partial charge in [-0.3, -0.25) is 13.9 Å². The summed E-state index contributed by atoms with van der Waals surface area (Å²) in [6, 6.07) is 19.8. The van der Waals surface area contributed by atoms with E-state index in [-0.39, 0.29) is 10.8 Å². The van der Waals surface area contributed by atoms with Crippen LogP contribution in [0.2, 0.25) is 0 Å². The smallest absolute Gasteiger partial charge is 0.264 e. The van der Waals surface area contributed by atoms with Crippen LogP contribution in [0.5, 0.6) is 5.75 Å². The Morgan fingerprint density at radius 2 is 1.83 bits per heavy atom. The number of carbonyl (C=O) groups is 2. The van der Waals surface area contributed by atoms with Crippen LogP contribution in [-0.4, -0.2) is 40.4 Å². The van der Waals surface area contributed by atoms with Crippen LogP contribution in [0.4, 0.5) is 17.1 Å². The molecule has 0 saturated carbocycles. The number of aryl methyl sites for hydroxylation is 1. The molecule has 1 N–H and O–H groups in total. The van der Waals surface area contributed by atoms with Crippen molar-refractivity contribution in [2.24, 2.45) is 0 Å². The number of ether oxygens (including phenoxy) is 1. The topological polar surface area (TPSA) is 96.0 Å². The van der Waals surface area contributed by atoms with Gasteiger partial charge in [0.2, 0.25) is 11.8 Å². The number of nitrogens with zero attached hydrogens (tertiary/aromatic N) is 2. The Bertz CT molecular complexity index is 1340. The van der Waals surface area contributed by atoms with Gasteiger partial charge in [0.25, 0.3) is 10.0 Å². The van der Waals surface area contributed by atoms with Gasteiger partial charge in [-0.15, -0.1) is 0 Å². The SMILES string of the molecule is COc1cccc(N(CC(=O)Nc2ccc(N3CCCC3=O)c(C)c2)S(=O)(=O)c2ccccc2)c1. The van der Waals surface area contributed by atoms with Crippen molar-refractivity contribution < 1.29 is 22.7 Å². The largest absolute Gasteiger partial charge is 0.497 e. The van der Waals surface area contributed by atoms with E-state index in [2.05, 4.69) is 5.32 Å². The van der Waals surface area contributed by atoms with E-state index in [0.29, 0.717) is 30.1 Å². The lowest BCUT2D eigenvalue weighted by molar-refractivity contribution is -0.117. The fourth-order valence-electron chi connectivity index (χ4n) is 4.07. The summed E-state index contributed by atoms with van der Waals surface area (Å²) < 4.78 is 33.2. The number of sulfonamides is 1. The van der Waals surface area contributed by atoms with Gasteiger partial charge in [0.05, 0.1) is 17.7 Å². The second-order valence-electron chi connectivity index (χ2n) is 8.22. The van der Waals surface area contributed by atoms with Crippen LogP contribution < -0.4 is 19.3 Å². The van der Waals surface area contributed by atoms with Crippen molar-refractivity contribution in [3.8, 4) is 5.75 Å². The van der Waals surface area contributed by atoms with E-state index in [1.807, 2.05) is 6.92 Å². The zero-order chi connectivity index (χ0) is 25.0. The van der Waals surface area contributed by atoms with E-state index in [9.17, 15) is 18.0 Å². The Morgan fingerprint density at radius 3 is 2.49 bits per heavy atom. The van der Waals surface area contributed by atoms with Crippen molar-refractivity contribution in [2.45, 2.75) is 24.7 Å². The summed E-state index contributed by atoms with van der Waals surface area (Å²) in [5, 5.41) is 2.78. The molecular weight excluding hydrogens is 466 g/mol. The Kier molecular flexibility index (Phi) is 7.07. The molecule has 3 aromatic carbocycles. The summed E-state index contributed by atoms with van der Waals surface area (Å²) in [6.07, 6.45) is 1.36. The van der Waals surface area contributed by atoms with E-state index in [4.69, 9.17) is 4.74 Å². The highest BCUT2D eigenvalue weighted by Gasteiger charge is 2.28. The standard InChI is InChI=1S/C26H27N3O5S/c1-19-16-20(13-14-24(19)28-15-7-12-26(28)31)27-25(30)18-29(21-8-6-9-22(17-21)34-2)35(32,33)23-10-4-3-5-11-23/h3-6,8-11,13-14,16-17H,7,12,15,18H2,1-2H3,(H,27,30). The van der Waals surface area contributed by atoms with E-state index in [1.54, 1.807) is 65.6 Å². The molecule has 0 spiro atoms. The summed E-state index contributed by atoms with van der Waals surface area (Å²) in [5.41, 5.74) is 2.49. The molecule has 0 aromatic heterocycles. The van der Waals surface area contributed by atoms with Crippen molar-refractivity contribution in [1.82, 2.24) is 0 Å². The molecular formula is C26H27N3O5S. The third kappa shape index (κ3) is 5.30. The fourth-order valence-corrected chi connectivity index (χ4v) is 5.50.